The largest absolute Gasteiger partial charge is 0.375 e. The summed E-state index contributed by atoms with van der Waals surface area (Å²) in [6, 6.07) is 6.38. The summed E-state index contributed by atoms with van der Waals surface area (Å²) in [6.07, 6.45) is 3.47. The van der Waals surface area contributed by atoms with Crippen LogP contribution in [0.4, 0.5) is 10.1 Å². The number of piperidine rings is 1. The highest BCUT2D eigenvalue weighted by molar-refractivity contribution is 5.85. The van der Waals surface area contributed by atoms with Gasteiger partial charge in [-0.3, -0.25) is 4.79 Å². The Kier molecular flexibility index (Phi) is 5.98. The van der Waals surface area contributed by atoms with E-state index in [4.69, 9.17) is 4.52 Å². The molecule has 0 saturated carbocycles. The van der Waals surface area contributed by atoms with Gasteiger partial charge in [-0.15, -0.1) is 12.4 Å². The molecule has 32 heavy (non-hydrogen) atoms. The van der Waals surface area contributed by atoms with Crippen molar-refractivity contribution in [2.45, 2.75) is 18.8 Å². The first kappa shape index (κ1) is 22.0. The number of nitrogens with one attached hydrogen (secondary N) is 2. The molecule has 0 unspecified atom stereocenters. The van der Waals surface area contributed by atoms with Gasteiger partial charge in [0.05, 0.1) is 17.6 Å². The summed E-state index contributed by atoms with van der Waals surface area (Å²) in [5.74, 6) is 0.339. The molecule has 1 saturated heterocycles. The molecule has 1 aliphatic rings. The van der Waals surface area contributed by atoms with E-state index in [0.717, 1.165) is 31.6 Å². The number of halogens is 2. The van der Waals surface area contributed by atoms with Gasteiger partial charge in [0.15, 0.2) is 0 Å². The van der Waals surface area contributed by atoms with Crippen LogP contribution in [0.1, 0.15) is 24.5 Å². The van der Waals surface area contributed by atoms with Crippen molar-refractivity contribution in [2.75, 3.05) is 32.1 Å². The second kappa shape index (κ2) is 8.71. The van der Waals surface area contributed by atoms with Crippen LogP contribution in [0.3, 0.4) is 0 Å². The molecule has 0 amide bonds. The fraction of sp³-hybridized carbons (Fsp3) is 0.333. The van der Waals surface area contributed by atoms with Crippen molar-refractivity contribution >= 4 is 23.7 Å². The summed E-state index contributed by atoms with van der Waals surface area (Å²) in [7, 11) is 3.54. The van der Waals surface area contributed by atoms with Gasteiger partial charge in [-0.2, -0.15) is 10.1 Å². The van der Waals surface area contributed by atoms with Gasteiger partial charge in [0.25, 0.3) is 11.4 Å². The summed E-state index contributed by atoms with van der Waals surface area (Å²) in [5.41, 5.74) is 2.66. The minimum absolute atomic E-state index is 0. The van der Waals surface area contributed by atoms with E-state index in [-0.39, 0.29) is 41.4 Å². The van der Waals surface area contributed by atoms with Crippen LogP contribution in [0, 0.1) is 5.82 Å². The van der Waals surface area contributed by atoms with Gasteiger partial charge >= 0.3 is 0 Å². The van der Waals surface area contributed by atoms with E-state index in [2.05, 4.69) is 25.5 Å². The molecule has 1 aromatic carbocycles. The Labute approximate surface area is 189 Å². The number of benzene rings is 1. The monoisotopic (exact) mass is 459 g/mol. The molecule has 9 nitrogen and oxygen atoms in total. The summed E-state index contributed by atoms with van der Waals surface area (Å²) >= 11 is 0. The fourth-order valence-corrected chi connectivity index (χ4v) is 4.04. The Balaban J connectivity index is 0.00000245. The summed E-state index contributed by atoms with van der Waals surface area (Å²) in [6.45, 7) is 1.81. The van der Waals surface area contributed by atoms with Crippen LogP contribution in [-0.4, -0.2) is 51.9 Å². The second-order valence-electron chi connectivity index (χ2n) is 7.89. The number of H-pyrrole nitrogens is 1. The maximum absolute atomic E-state index is 14.4. The molecule has 5 rings (SSSR count). The first-order valence-corrected chi connectivity index (χ1v) is 10.1. The normalized spacial score (nSPS) is 14.5. The van der Waals surface area contributed by atoms with E-state index in [1.807, 2.05) is 0 Å². The Hall–Kier alpha value is -3.24. The van der Waals surface area contributed by atoms with Gasteiger partial charge in [-0.05, 0) is 44.1 Å². The van der Waals surface area contributed by atoms with Crippen LogP contribution < -0.4 is 15.8 Å². The van der Waals surface area contributed by atoms with Crippen molar-refractivity contribution in [1.82, 2.24) is 30.1 Å². The average Bonchev–Trinajstić information content (AvgIpc) is 3.40. The van der Waals surface area contributed by atoms with Crippen LogP contribution >= 0.6 is 12.4 Å². The zero-order valence-corrected chi connectivity index (χ0v) is 18.4. The molecule has 4 aromatic rings. The number of hydrogen-bond donors (Lipinski definition) is 2. The molecule has 168 valence electrons. The lowest BCUT2D eigenvalue weighted by atomic mass is 9.94. The highest BCUT2D eigenvalue weighted by atomic mass is 35.5. The molecule has 3 aromatic heterocycles. The third-order valence-corrected chi connectivity index (χ3v) is 5.64. The van der Waals surface area contributed by atoms with Crippen molar-refractivity contribution in [3.63, 3.8) is 0 Å². The van der Waals surface area contributed by atoms with Crippen LogP contribution in [0.2, 0.25) is 0 Å². The lowest BCUT2D eigenvalue weighted by Gasteiger charge is -2.23. The topological polar surface area (TPSA) is 104 Å². The summed E-state index contributed by atoms with van der Waals surface area (Å²) < 4.78 is 21.5. The van der Waals surface area contributed by atoms with E-state index in [1.165, 1.54) is 6.07 Å². The van der Waals surface area contributed by atoms with Gasteiger partial charge in [-0.25, -0.2) is 8.91 Å². The highest BCUT2D eigenvalue weighted by Gasteiger charge is 2.23. The van der Waals surface area contributed by atoms with Crippen molar-refractivity contribution in [3.8, 4) is 22.8 Å². The number of aromatic nitrogens is 5. The summed E-state index contributed by atoms with van der Waals surface area (Å²) in [4.78, 5) is 21.3. The van der Waals surface area contributed by atoms with Gasteiger partial charge in [0.1, 0.15) is 17.0 Å². The Morgan fingerprint density at radius 3 is 2.72 bits per heavy atom. The van der Waals surface area contributed by atoms with Crippen molar-refractivity contribution in [3.05, 3.63) is 52.3 Å². The molecular weight excluding hydrogens is 437 g/mol. The minimum Gasteiger partial charge on any atom is -0.375 e. The lowest BCUT2D eigenvalue weighted by Crippen LogP contribution is -2.28. The molecule has 0 spiro atoms. The van der Waals surface area contributed by atoms with Crippen molar-refractivity contribution < 1.29 is 8.91 Å². The van der Waals surface area contributed by atoms with Crippen molar-refractivity contribution in [2.24, 2.45) is 0 Å². The number of anilines is 1. The van der Waals surface area contributed by atoms with E-state index >= 15 is 0 Å². The van der Waals surface area contributed by atoms with E-state index in [9.17, 15) is 9.18 Å². The number of hydrogen-bond acceptors (Lipinski definition) is 7. The Morgan fingerprint density at radius 1 is 1.22 bits per heavy atom. The third kappa shape index (κ3) is 3.87. The molecule has 0 aliphatic carbocycles. The molecular formula is C21H23ClFN7O2. The Bertz CT molecular complexity index is 1310. The predicted molar refractivity (Wildman–Crippen MR) is 121 cm³/mol. The molecule has 0 bridgehead atoms. The predicted octanol–water partition coefficient (Wildman–Crippen LogP) is 2.83. The highest BCUT2D eigenvalue weighted by Crippen LogP contribution is 2.29. The molecule has 0 atom stereocenters. The van der Waals surface area contributed by atoms with E-state index in [1.54, 1.807) is 47.9 Å². The number of fused-ring (bicyclic) bond motifs is 1. The van der Waals surface area contributed by atoms with Crippen LogP contribution in [0.5, 0.6) is 0 Å². The first-order valence-electron chi connectivity index (χ1n) is 10.1. The van der Waals surface area contributed by atoms with E-state index < -0.39 is 0 Å². The minimum atomic E-state index is -0.374. The van der Waals surface area contributed by atoms with Gasteiger partial charge in [0.2, 0.25) is 5.82 Å². The van der Waals surface area contributed by atoms with Gasteiger partial charge in [0, 0.05) is 31.6 Å². The lowest BCUT2D eigenvalue weighted by molar-refractivity contribution is 0.432. The number of aromatic amines is 1. The molecule has 0 radical (unpaired) electrons. The maximum atomic E-state index is 14.4. The molecule has 1 aliphatic heterocycles. The average molecular weight is 460 g/mol. The number of nitrogens with zero attached hydrogens (tertiary/aromatic N) is 5. The smallest absolute Gasteiger partial charge is 0.263 e. The SMILES string of the molecule is CN(C)c1ccc(-c2noc(-c3cnn4c(C5CCNCC5)cc(=O)[nH]c34)n2)cc1F.Cl. The quantitative estimate of drug-likeness (QED) is 0.483. The van der Waals surface area contributed by atoms with Crippen molar-refractivity contribution in [1.29, 1.82) is 0 Å². The van der Waals surface area contributed by atoms with Gasteiger partial charge < -0.3 is 19.7 Å². The standard InChI is InChI=1S/C21H22FN7O2.ClH/c1-28(2)16-4-3-13(9-15(16)22)19-26-21(31-27-19)14-11-24-29-17(10-18(30)25-20(14)29)12-5-7-23-8-6-12;/h3-4,9-12,23H,5-8H2,1-2H3,(H,25,30);1H. The number of rotatable bonds is 4. The molecule has 4 heterocycles. The molecule has 2 N–H and O–H groups in total. The van der Waals surface area contributed by atoms with E-state index in [0.29, 0.717) is 22.5 Å². The van der Waals surface area contributed by atoms with Crippen LogP contribution in [-0.2, 0) is 0 Å². The zero-order chi connectivity index (χ0) is 21.5. The Morgan fingerprint density at radius 2 is 2.00 bits per heavy atom. The zero-order valence-electron chi connectivity index (χ0n) is 17.6. The molecule has 11 heteroatoms. The first-order chi connectivity index (χ1) is 15.0. The molecule has 1 fully saturated rings. The summed E-state index contributed by atoms with van der Waals surface area (Å²) in [5, 5.41) is 11.8. The van der Waals surface area contributed by atoms with Crippen LogP contribution in [0.25, 0.3) is 28.5 Å². The maximum Gasteiger partial charge on any atom is 0.263 e. The third-order valence-electron chi connectivity index (χ3n) is 5.64. The van der Waals surface area contributed by atoms with Crippen LogP contribution in [0.15, 0.2) is 39.8 Å². The second-order valence-corrected chi connectivity index (χ2v) is 7.89. The van der Waals surface area contributed by atoms with Gasteiger partial charge in [-0.1, -0.05) is 5.16 Å². The fourth-order valence-electron chi connectivity index (χ4n) is 4.04.